The van der Waals surface area contributed by atoms with E-state index < -0.39 is 12.0 Å². The van der Waals surface area contributed by atoms with Crippen molar-refractivity contribution in [3.8, 4) is 0 Å². The molecular formula is C20H21N3O3. The lowest BCUT2D eigenvalue weighted by Gasteiger charge is -2.24. The van der Waals surface area contributed by atoms with Gasteiger partial charge in [-0.1, -0.05) is 17.7 Å². The molecule has 1 amide bonds. The second kappa shape index (κ2) is 6.63. The molecule has 0 spiro atoms. The van der Waals surface area contributed by atoms with Gasteiger partial charge < -0.3 is 15.0 Å². The van der Waals surface area contributed by atoms with E-state index in [4.69, 9.17) is 0 Å². The minimum absolute atomic E-state index is 0.369. The van der Waals surface area contributed by atoms with Gasteiger partial charge in [0.15, 0.2) is 6.04 Å². The van der Waals surface area contributed by atoms with E-state index in [9.17, 15) is 14.7 Å². The number of carboxylic acid groups (broad SMARTS) is 1. The molecule has 2 heterocycles. The summed E-state index contributed by atoms with van der Waals surface area (Å²) in [6.07, 6.45) is 3.03. The first-order valence-corrected chi connectivity index (χ1v) is 8.30. The maximum absolute atomic E-state index is 13.1. The molecule has 134 valence electrons. The number of nitrogens with zero attached hydrogens (tertiary/aromatic N) is 2. The Morgan fingerprint density at radius 1 is 1.23 bits per heavy atom. The van der Waals surface area contributed by atoms with E-state index in [2.05, 4.69) is 9.97 Å². The Balaban J connectivity index is 2.05. The molecule has 0 saturated carbocycles. The highest BCUT2D eigenvalue weighted by Crippen LogP contribution is 2.28. The smallest absolute Gasteiger partial charge is 0.331 e. The number of H-pyrrole nitrogens is 1. The quantitative estimate of drug-likeness (QED) is 0.754. The van der Waals surface area contributed by atoms with Gasteiger partial charge in [-0.05, 0) is 44.0 Å². The molecule has 0 aliphatic rings. The first-order valence-electron chi connectivity index (χ1n) is 8.30. The fraction of sp³-hybridized carbons (Fsp3) is 0.250. The maximum Gasteiger partial charge on any atom is 0.331 e. The largest absolute Gasteiger partial charge is 0.479 e. The number of pyridine rings is 1. The summed E-state index contributed by atoms with van der Waals surface area (Å²) in [7, 11) is 1.50. The summed E-state index contributed by atoms with van der Waals surface area (Å²) in [6.45, 7) is 5.87. The molecule has 6 heteroatoms. The van der Waals surface area contributed by atoms with E-state index >= 15 is 0 Å². The Morgan fingerprint density at radius 2 is 1.96 bits per heavy atom. The normalized spacial score (nSPS) is 12.2. The van der Waals surface area contributed by atoms with E-state index in [1.54, 1.807) is 18.3 Å². The van der Waals surface area contributed by atoms with Crippen LogP contribution in [0.5, 0.6) is 0 Å². The van der Waals surface area contributed by atoms with Gasteiger partial charge in [-0.2, -0.15) is 0 Å². The lowest BCUT2D eigenvalue weighted by atomic mass is 10.0. The highest BCUT2D eigenvalue weighted by atomic mass is 16.4. The van der Waals surface area contributed by atoms with Crippen LogP contribution in [0.1, 0.15) is 38.8 Å². The summed E-state index contributed by atoms with van der Waals surface area (Å²) in [5.41, 5.74) is 4.75. The van der Waals surface area contributed by atoms with Gasteiger partial charge in [0, 0.05) is 35.9 Å². The van der Waals surface area contributed by atoms with Crippen molar-refractivity contribution in [2.24, 2.45) is 0 Å². The number of carbonyl (C=O) groups is 2. The van der Waals surface area contributed by atoms with Crippen LogP contribution in [0.25, 0.3) is 10.9 Å². The number of likely N-dealkylation sites (N-methyl/N-ethyl adjacent to an activating group) is 1. The van der Waals surface area contributed by atoms with E-state index in [0.29, 0.717) is 11.3 Å². The van der Waals surface area contributed by atoms with Gasteiger partial charge in [0.2, 0.25) is 0 Å². The molecule has 0 fully saturated rings. The number of aromatic nitrogens is 2. The first-order chi connectivity index (χ1) is 12.3. The molecule has 0 radical (unpaired) electrons. The van der Waals surface area contributed by atoms with Gasteiger partial charge >= 0.3 is 5.97 Å². The molecule has 0 saturated heterocycles. The van der Waals surface area contributed by atoms with Crippen molar-refractivity contribution in [1.29, 1.82) is 0 Å². The average molecular weight is 351 g/mol. The van der Waals surface area contributed by atoms with Gasteiger partial charge in [0.1, 0.15) is 5.69 Å². The van der Waals surface area contributed by atoms with Crippen molar-refractivity contribution in [3.63, 3.8) is 0 Å². The Kier molecular flexibility index (Phi) is 4.50. The summed E-state index contributed by atoms with van der Waals surface area (Å²) >= 11 is 0. The van der Waals surface area contributed by atoms with Gasteiger partial charge in [0.05, 0.1) is 0 Å². The van der Waals surface area contributed by atoms with Crippen molar-refractivity contribution >= 4 is 22.8 Å². The molecule has 0 unspecified atom stereocenters. The molecule has 1 aromatic carbocycles. The third-order valence-corrected chi connectivity index (χ3v) is 4.66. The van der Waals surface area contributed by atoms with Crippen LogP contribution in [-0.2, 0) is 4.79 Å². The maximum atomic E-state index is 13.1. The highest BCUT2D eigenvalue weighted by Gasteiger charge is 2.31. The lowest BCUT2D eigenvalue weighted by Crippen LogP contribution is -2.36. The first kappa shape index (κ1) is 17.7. The number of amides is 1. The van der Waals surface area contributed by atoms with Crippen molar-refractivity contribution < 1.29 is 14.7 Å². The second-order valence-electron chi connectivity index (χ2n) is 6.57. The zero-order valence-corrected chi connectivity index (χ0v) is 15.2. The van der Waals surface area contributed by atoms with Gasteiger partial charge in [-0.15, -0.1) is 0 Å². The summed E-state index contributed by atoms with van der Waals surface area (Å²) in [4.78, 5) is 33.3. The minimum Gasteiger partial charge on any atom is -0.479 e. The van der Waals surface area contributed by atoms with Crippen LogP contribution >= 0.6 is 0 Å². The number of aryl methyl sites for hydroxylation is 3. The van der Waals surface area contributed by atoms with E-state index in [1.807, 2.05) is 32.9 Å². The number of aliphatic carboxylic acids is 1. The van der Waals surface area contributed by atoms with Crippen LogP contribution in [0.4, 0.5) is 0 Å². The molecule has 1 atom stereocenters. The zero-order valence-electron chi connectivity index (χ0n) is 15.2. The molecule has 3 rings (SSSR count). The Bertz CT molecular complexity index is 992. The number of rotatable bonds is 4. The van der Waals surface area contributed by atoms with Crippen LogP contribution < -0.4 is 0 Å². The predicted molar refractivity (Wildman–Crippen MR) is 99.2 cm³/mol. The number of aromatic amines is 1. The number of hydrogen-bond acceptors (Lipinski definition) is 3. The Hall–Kier alpha value is -3.15. The SMILES string of the molecule is Cc1cc(C)c2[nH]c(C(=O)N(C)[C@@H](C(=O)O)c3cccnc3)c(C)c2c1. The van der Waals surface area contributed by atoms with E-state index in [1.165, 1.54) is 18.1 Å². The van der Waals surface area contributed by atoms with Crippen LogP contribution in [-0.4, -0.2) is 38.9 Å². The van der Waals surface area contributed by atoms with Crippen LogP contribution in [0.15, 0.2) is 36.7 Å². The summed E-state index contributed by atoms with van der Waals surface area (Å²) in [5, 5.41) is 10.6. The molecule has 26 heavy (non-hydrogen) atoms. The molecule has 3 aromatic rings. The van der Waals surface area contributed by atoms with Crippen LogP contribution in [0, 0.1) is 20.8 Å². The summed E-state index contributed by atoms with van der Waals surface area (Å²) in [6, 6.07) is 6.28. The number of carboxylic acids is 1. The van der Waals surface area contributed by atoms with Crippen LogP contribution in [0.3, 0.4) is 0 Å². The van der Waals surface area contributed by atoms with Crippen molar-refractivity contribution in [2.45, 2.75) is 26.8 Å². The number of nitrogens with one attached hydrogen (secondary N) is 1. The van der Waals surface area contributed by atoms with Crippen LogP contribution in [0.2, 0.25) is 0 Å². The summed E-state index contributed by atoms with van der Waals surface area (Å²) in [5.74, 6) is -1.47. The van der Waals surface area contributed by atoms with Crippen molar-refractivity contribution in [1.82, 2.24) is 14.9 Å². The number of benzene rings is 1. The molecule has 0 bridgehead atoms. The molecule has 6 nitrogen and oxygen atoms in total. The molecule has 2 aromatic heterocycles. The van der Waals surface area contributed by atoms with Gasteiger partial charge in [-0.3, -0.25) is 9.78 Å². The lowest BCUT2D eigenvalue weighted by molar-refractivity contribution is -0.142. The van der Waals surface area contributed by atoms with E-state index in [-0.39, 0.29) is 5.91 Å². The fourth-order valence-corrected chi connectivity index (χ4v) is 3.36. The molecule has 0 aliphatic heterocycles. The molecule has 2 N–H and O–H groups in total. The predicted octanol–water partition coefficient (Wildman–Crippen LogP) is 3.39. The van der Waals surface area contributed by atoms with Gasteiger partial charge in [-0.25, -0.2) is 4.79 Å². The topological polar surface area (TPSA) is 86.3 Å². The number of carbonyl (C=O) groups excluding carboxylic acids is 1. The van der Waals surface area contributed by atoms with Gasteiger partial charge in [0.25, 0.3) is 5.91 Å². The third-order valence-electron chi connectivity index (χ3n) is 4.66. The monoisotopic (exact) mass is 351 g/mol. The number of hydrogen-bond donors (Lipinski definition) is 2. The Morgan fingerprint density at radius 3 is 2.58 bits per heavy atom. The Labute approximate surface area is 151 Å². The molecular weight excluding hydrogens is 330 g/mol. The molecule has 0 aliphatic carbocycles. The average Bonchev–Trinajstić information content (AvgIpc) is 2.92. The fourth-order valence-electron chi connectivity index (χ4n) is 3.36. The zero-order chi connectivity index (χ0) is 19.0. The number of fused-ring (bicyclic) bond motifs is 1. The highest BCUT2D eigenvalue weighted by molar-refractivity contribution is 6.02. The second-order valence-corrected chi connectivity index (χ2v) is 6.57. The van der Waals surface area contributed by atoms with E-state index in [0.717, 1.165) is 27.6 Å². The minimum atomic E-state index is -1.11. The van der Waals surface area contributed by atoms with Crippen molar-refractivity contribution in [3.05, 3.63) is 64.6 Å². The third kappa shape index (κ3) is 2.94. The standard InChI is InChI=1S/C20H21N3O3/c1-11-8-12(2)16-15(9-11)13(3)17(22-16)19(24)23(4)18(20(25)26)14-6-5-7-21-10-14/h5-10,18,22H,1-4H3,(H,25,26)/t18-/m1/s1. The summed E-state index contributed by atoms with van der Waals surface area (Å²) < 4.78 is 0. The van der Waals surface area contributed by atoms with Crippen molar-refractivity contribution in [2.75, 3.05) is 7.05 Å².